The fourth-order valence-electron chi connectivity index (χ4n) is 0.965. The number of benzene rings is 1. The summed E-state index contributed by atoms with van der Waals surface area (Å²) in [7, 11) is 1.59. The third kappa shape index (κ3) is 2.69. The first-order valence-corrected chi connectivity index (χ1v) is 3.89. The minimum atomic E-state index is 0.344. The van der Waals surface area contributed by atoms with Crippen LogP contribution >= 0.6 is 0 Å². The molecule has 4 N–H and O–H groups in total. The molecule has 1 aromatic carbocycles. The topological polar surface area (TPSA) is 61.3 Å². The molecule has 0 aliphatic heterocycles. The maximum Gasteiger partial charge on any atom is 0.122 e. The summed E-state index contributed by atoms with van der Waals surface area (Å²) in [5.74, 6) is 6.34. The van der Waals surface area contributed by atoms with Gasteiger partial charge in [0.1, 0.15) is 5.75 Å². The molecule has 1 rings (SSSR count). The van der Waals surface area contributed by atoms with Crippen molar-refractivity contribution < 1.29 is 4.74 Å². The standard InChI is InChI=1S/C10H12N2O/c1-13-10-6-8(3-2-4-11)5-9(12)7-10/h5-7H,4,11-12H2,1H3. The van der Waals surface area contributed by atoms with Crippen LogP contribution in [0.15, 0.2) is 18.2 Å². The Morgan fingerprint density at radius 3 is 2.77 bits per heavy atom. The van der Waals surface area contributed by atoms with Gasteiger partial charge >= 0.3 is 0 Å². The minimum Gasteiger partial charge on any atom is -0.497 e. The van der Waals surface area contributed by atoms with E-state index in [0.29, 0.717) is 18.0 Å². The van der Waals surface area contributed by atoms with Crippen LogP contribution in [0.5, 0.6) is 5.75 Å². The van der Waals surface area contributed by atoms with Crippen LogP contribution in [0, 0.1) is 11.8 Å². The van der Waals surface area contributed by atoms with Gasteiger partial charge in [-0.05, 0) is 12.1 Å². The summed E-state index contributed by atoms with van der Waals surface area (Å²) in [6.07, 6.45) is 0. The molecule has 3 nitrogen and oxygen atoms in total. The Balaban J connectivity index is 3.01. The molecule has 0 atom stereocenters. The smallest absolute Gasteiger partial charge is 0.122 e. The van der Waals surface area contributed by atoms with Gasteiger partial charge < -0.3 is 16.2 Å². The molecule has 0 amide bonds. The summed E-state index contributed by atoms with van der Waals surface area (Å²) < 4.78 is 5.04. The van der Waals surface area contributed by atoms with Crippen LogP contribution in [0.4, 0.5) is 5.69 Å². The van der Waals surface area contributed by atoms with Crippen molar-refractivity contribution in [3.05, 3.63) is 23.8 Å². The van der Waals surface area contributed by atoms with Crippen molar-refractivity contribution in [1.29, 1.82) is 0 Å². The molecule has 0 saturated carbocycles. The van der Waals surface area contributed by atoms with Gasteiger partial charge in [-0.1, -0.05) is 11.8 Å². The predicted molar refractivity (Wildman–Crippen MR) is 53.3 cm³/mol. The molecule has 0 heterocycles. The third-order valence-electron chi connectivity index (χ3n) is 1.50. The van der Waals surface area contributed by atoms with E-state index in [9.17, 15) is 0 Å². The number of hydrogen-bond acceptors (Lipinski definition) is 3. The molecule has 0 aliphatic carbocycles. The van der Waals surface area contributed by atoms with Gasteiger partial charge in [-0.3, -0.25) is 0 Å². The number of nitrogen functional groups attached to an aromatic ring is 1. The van der Waals surface area contributed by atoms with Crippen molar-refractivity contribution >= 4 is 5.69 Å². The van der Waals surface area contributed by atoms with Crippen LogP contribution in [0.1, 0.15) is 5.56 Å². The Labute approximate surface area is 77.7 Å². The van der Waals surface area contributed by atoms with Crippen molar-refractivity contribution in [3.8, 4) is 17.6 Å². The van der Waals surface area contributed by atoms with Crippen molar-refractivity contribution in [2.45, 2.75) is 0 Å². The van der Waals surface area contributed by atoms with Crippen LogP contribution < -0.4 is 16.2 Å². The summed E-state index contributed by atoms with van der Waals surface area (Å²) in [5, 5.41) is 0. The van der Waals surface area contributed by atoms with E-state index in [4.69, 9.17) is 16.2 Å². The van der Waals surface area contributed by atoms with Crippen molar-refractivity contribution in [2.75, 3.05) is 19.4 Å². The lowest BCUT2D eigenvalue weighted by Crippen LogP contribution is -1.94. The fourth-order valence-corrected chi connectivity index (χ4v) is 0.965. The lowest BCUT2D eigenvalue weighted by molar-refractivity contribution is 0.415. The first-order valence-electron chi connectivity index (χ1n) is 3.89. The average molecular weight is 176 g/mol. The number of nitrogens with two attached hydrogens (primary N) is 2. The van der Waals surface area contributed by atoms with Crippen LogP contribution in [0.2, 0.25) is 0 Å². The maximum atomic E-state index is 5.63. The Kier molecular flexibility index (Phi) is 3.18. The van der Waals surface area contributed by atoms with E-state index in [1.165, 1.54) is 0 Å². The summed E-state index contributed by atoms with van der Waals surface area (Å²) in [6, 6.07) is 5.35. The maximum absolute atomic E-state index is 5.63. The molecule has 0 fully saturated rings. The quantitative estimate of drug-likeness (QED) is 0.486. The van der Waals surface area contributed by atoms with Crippen molar-refractivity contribution in [2.24, 2.45) is 5.73 Å². The first-order chi connectivity index (χ1) is 6.26. The summed E-state index contributed by atoms with van der Waals surface area (Å²) in [4.78, 5) is 0. The monoisotopic (exact) mass is 176 g/mol. The van der Waals surface area contributed by atoms with Gasteiger partial charge in [-0.2, -0.15) is 0 Å². The number of methoxy groups -OCH3 is 1. The highest BCUT2D eigenvalue weighted by Gasteiger charge is 1.95. The molecular weight excluding hydrogens is 164 g/mol. The Hall–Kier alpha value is -1.66. The first kappa shape index (κ1) is 9.43. The van der Waals surface area contributed by atoms with Gasteiger partial charge in [0.2, 0.25) is 0 Å². The number of hydrogen-bond donors (Lipinski definition) is 2. The SMILES string of the molecule is COc1cc(N)cc(C#CCN)c1. The molecular formula is C10H12N2O. The van der Waals surface area contributed by atoms with E-state index in [1.54, 1.807) is 19.2 Å². The minimum absolute atomic E-state index is 0.344. The molecule has 0 bridgehead atoms. The summed E-state index contributed by atoms with van der Waals surface area (Å²) in [6.45, 7) is 0.344. The van der Waals surface area contributed by atoms with E-state index in [1.807, 2.05) is 6.07 Å². The average Bonchev–Trinajstić information content (AvgIpc) is 2.14. The molecule has 3 heteroatoms. The molecule has 13 heavy (non-hydrogen) atoms. The predicted octanol–water partition coefficient (Wildman–Crippen LogP) is 0.588. The number of anilines is 1. The Morgan fingerprint density at radius 1 is 1.38 bits per heavy atom. The lowest BCUT2D eigenvalue weighted by Gasteiger charge is -2.01. The zero-order valence-electron chi connectivity index (χ0n) is 7.50. The van der Waals surface area contributed by atoms with Gasteiger partial charge in [-0.25, -0.2) is 0 Å². The highest BCUT2D eigenvalue weighted by Crippen LogP contribution is 2.17. The van der Waals surface area contributed by atoms with Gasteiger partial charge in [0, 0.05) is 17.3 Å². The van der Waals surface area contributed by atoms with Crippen LogP contribution in [-0.2, 0) is 0 Å². The molecule has 0 saturated heterocycles. The molecule has 0 aliphatic rings. The molecule has 1 aromatic rings. The Bertz CT molecular complexity index is 350. The second kappa shape index (κ2) is 4.39. The largest absolute Gasteiger partial charge is 0.497 e. The summed E-state index contributed by atoms with van der Waals surface area (Å²) in [5.41, 5.74) is 12.3. The second-order valence-corrected chi connectivity index (χ2v) is 2.50. The third-order valence-corrected chi connectivity index (χ3v) is 1.50. The number of ether oxygens (including phenoxy) is 1. The zero-order chi connectivity index (χ0) is 9.68. The van der Waals surface area contributed by atoms with E-state index in [0.717, 1.165) is 5.56 Å². The molecule has 0 radical (unpaired) electrons. The van der Waals surface area contributed by atoms with Gasteiger partial charge in [0.15, 0.2) is 0 Å². The van der Waals surface area contributed by atoms with Gasteiger partial charge in [-0.15, -0.1) is 0 Å². The van der Waals surface area contributed by atoms with E-state index in [2.05, 4.69) is 11.8 Å². The molecule has 0 spiro atoms. The second-order valence-electron chi connectivity index (χ2n) is 2.50. The van der Waals surface area contributed by atoms with Crippen molar-refractivity contribution in [3.63, 3.8) is 0 Å². The normalized spacial score (nSPS) is 8.77. The number of rotatable bonds is 1. The molecule has 0 aromatic heterocycles. The van der Waals surface area contributed by atoms with Crippen LogP contribution in [0.3, 0.4) is 0 Å². The molecule has 68 valence electrons. The lowest BCUT2D eigenvalue weighted by atomic mass is 10.2. The van der Waals surface area contributed by atoms with E-state index in [-0.39, 0.29) is 0 Å². The highest BCUT2D eigenvalue weighted by atomic mass is 16.5. The van der Waals surface area contributed by atoms with E-state index < -0.39 is 0 Å². The summed E-state index contributed by atoms with van der Waals surface area (Å²) >= 11 is 0. The highest BCUT2D eigenvalue weighted by molar-refractivity contribution is 5.52. The van der Waals surface area contributed by atoms with E-state index >= 15 is 0 Å². The van der Waals surface area contributed by atoms with Crippen molar-refractivity contribution in [1.82, 2.24) is 0 Å². The molecule has 0 unspecified atom stereocenters. The van der Waals surface area contributed by atoms with Crippen LogP contribution in [-0.4, -0.2) is 13.7 Å². The van der Waals surface area contributed by atoms with Crippen LogP contribution in [0.25, 0.3) is 0 Å². The zero-order valence-corrected chi connectivity index (χ0v) is 7.50. The van der Waals surface area contributed by atoms with Gasteiger partial charge in [0.25, 0.3) is 0 Å². The fraction of sp³-hybridized carbons (Fsp3) is 0.200. The van der Waals surface area contributed by atoms with Gasteiger partial charge in [0.05, 0.1) is 13.7 Å². The Morgan fingerprint density at radius 2 is 2.15 bits per heavy atom.